The Morgan fingerprint density at radius 3 is 2.10 bits per heavy atom. The van der Waals surface area contributed by atoms with Crippen LogP contribution in [0.1, 0.15) is 36.7 Å². The molecule has 2 amide bonds. The molecule has 0 radical (unpaired) electrons. The topological polar surface area (TPSA) is 88.9 Å². The Hall–Kier alpha value is -3.19. The molecule has 7 nitrogen and oxygen atoms in total. The maximum atomic E-state index is 12.5. The fourth-order valence-electron chi connectivity index (χ4n) is 2.99. The Labute approximate surface area is 171 Å². The smallest absolute Gasteiger partial charge is 0.279 e. The van der Waals surface area contributed by atoms with Crippen LogP contribution in [0.5, 0.6) is 5.75 Å². The highest BCUT2D eigenvalue weighted by atomic mass is 16.5. The molecule has 0 bridgehead atoms. The van der Waals surface area contributed by atoms with Gasteiger partial charge in [0.25, 0.3) is 5.91 Å². The molecule has 0 saturated heterocycles. The fourth-order valence-corrected chi connectivity index (χ4v) is 2.99. The van der Waals surface area contributed by atoms with Crippen LogP contribution in [0.25, 0.3) is 0 Å². The zero-order valence-electron chi connectivity index (χ0n) is 17.3. The summed E-state index contributed by atoms with van der Waals surface area (Å²) in [6, 6.07) is 12.3. The normalized spacial score (nSPS) is 11.4. The summed E-state index contributed by atoms with van der Waals surface area (Å²) in [5.74, 6) is 0.436. The maximum Gasteiger partial charge on any atom is 0.279 e. The Kier molecular flexibility index (Phi) is 7.91. The van der Waals surface area contributed by atoms with Crippen LogP contribution in [0.3, 0.4) is 0 Å². The summed E-state index contributed by atoms with van der Waals surface area (Å²) in [6.07, 6.45) is 0. The summed E-state index contributed by atoms with van der Waals surface area (Å²) in [5.41, 5.74) is 2.86. The van der Waals surface area contributed by atoms with Gasteiger partial charge in [0.15, 0.2) is 12.3 Å². The first kappa shape index (κ1) is 22.1. The summed E-state index contributed by atoms with van der Waals surface area (Å²) in [5, 5.41) is 5.56. The zero-order valence-corrected chi connectivity index (χ0v) is 17.3. The van der Waals surface area contributed by atoms with Crippen molar-refractivity contribution in [1.29, 1.82) is 0 Å². The van der Waals surface area contributed by atoms with Crippen LogP contribution < -0.4 is 20.3 Å². The second kappa shape index (κ2) is 10.4. The van der Waals surface area contributed by atoms with Gasteiger partial charge < -0.3 is 20.3 Å². The van der Waals surface area contributed by atoms with Crippen LogP contribution in [0.2, 0.25) is 0 Å². The lowest BCUT2D eigenvalue weighted by atomic mass is 10.1. The minimum atomic E-state index is -0.145. The number of ether oxygens (including phenoxy) is 1. The van der Waals surface area contributed by atoms with Gasteiger partial charge in [-0.3, -0.25) is 14.4 Å². The van der Waals surface area contributed by atoms with E-state index >= 15 is 0 Å². The van der Waals surface area contributed by atoms with Crippen LogP contribution in [0.15, 0.2) is 42.5 Å². The number of Topliss-reactive ketones (excluding diaryl/α,β-unsaturated/α-hetero) is 1. The van der Waals surface area contributed by atoms with Gasteiger partial charge in [-0.25, -0.2) is 0 Å². The molecule has 0 aliphatic carbocycles. The van der Waals surface area contributed by atoms with Gasteiger partial charge in [-0.15, -0.1) is 0 Å². The Bertz CT molecular complexity index is 878. The first-order chi connectivity index (χ1) is 13.8. The number of likely N-dealkylation sites (N-methyl/N-ethyl adjacent to an activating group) is 1. The van der Waals surface area contributed by atoms with Crippen molar-refractivity contribution in [3.8, 4) is 5.75 Å². The molecule has 1 unspecified atom stereocenters. The predicted molar refractivity (Wildman–Crippen MR) is 112 cm³/mol. The van der Waals surface area contributed by atoms with Gasteiger partial charge in [0.2, 0.25) is 5.91 Å². The summed E-state index contributed by atoms with van der Waals surface area (Å²) < 4.78 is 5.41. The Morgan fingerprint density at radius 1 is 0.966 bits per heavy atom. The van der Waals surface area contributed by atoms with Gasteiger partial charge in [-0.2, -0.15) is 0 Å². The van der Waals surface area contributed by atoms with Crippen molar-refractivity contribution in [2.45, 2.75) is 27.3 Å². The molecule has 0 saturated carbocycles. The van der Waals surface area contributed by atoms with E-state index in [-0.39, 0.29) is 24.1 Å². The molecule has 0 aliphatic heterocycles. The number of hydrogen-bond donors (Lipinski definition) is 3. The number of rotatable bonds is 9. The average Bonchev–Trinajstić information content (AvgIpc) is 2.68. The van der Waals surface area contributed by atoms with Crippen LogP contribution in [0.4, 0.5) is 11.4 Å². The van der Waals surface area contributed by atoms with E-state index in [1.807, 2.05) is 13.0 Å². The van der Waals surface area contributed by atoms with Crippen LogP contribution in [0, 0.1) is 0 Å². The van der Waals surface area contributed by atoms with E-state index in [9.17, 15) is 14.4 Å². The fraction of sp³-hybridized carbons (Fsp3) is 0.318. The molecule has 3 N–H and O–H groups in total. The number of benzene rings is 2. The van der Waals surface area contributed by atoms with E-state index in [4.69, 9.17) is 4.74 Å². The molecule has 2 rings (SSSR count). The zero-order chi connectivity index (χ0) is 21.4. The number of quaternary nitrogens is 1. The number of carbonyl (C=O) groups excluding carboxylic acids is 3. The highest BCUT2D eigenvalue weighted by Crippen LogP contribution is 2.19. The molecule has 154 valence electrons. The highest BCUT2D eigenvalue weighted by Gasteiger charge is 2.17. The van der Waals surface area contributed by atoms with Gasteiger partial charge in [0.1, 0.15) is 12.3 Å². The molecule has 0 spiro atoms. The average molecular weight is 398 g/mol. The van der Waals surface area contributed by atoms with Gasteiger partial charge in [0.05, 0.1) is 13.7 Å². The second-order valence-corrected chi connectivity index (χ2v) is 6.85. The largest absolute Gasteiger partial charge is 0.496 e. The molecule has 29 heavy (non-hydrogen) atoms. The lowest BCUT2D eigenvalue weighted by molar-refractivity contribution is -0.903. The Morgan fingerprint density at radius 2 is 1.59 bits per heavy atom. The number of carbonyl (C=O) groups is 3. The number of methoxy groups -OCH3 is 1. The van der Waals surface area contributed by atoms with E-state index in [0.717, 1.165) is 17.0 Å². The van der Waals surface area contributed by atoms with Crippen molar-refractivity contribution in [3.63, 3.8) is 0 Å². The van der Waals surface area contributed by atoms with Crippen LogP contribution >= 0.6 is 0 Å². The predicted octanol–water partition coefficient (Wildman–Crippen LogP) is 1.90. The summed E-state index contributed by atoms with van der Waals surface area (Å²) in [6.45, 7) is 6.56. The van der Waals surface area contributed by atoms with Crippen LogP contribution in [-0.2, 0) is 16.1 Å². The van der Waals surface area contributed by atoms with Crippen molar-refractivity contribution in [2.75, 3.05) is 30.8 Å². The lowest BCUT2D eigenvalue weighted by Gasteiger charge is -2.19. The molecule has 2 aromatic rings. The van der Waals surface area contributed by atoms with E-state index in [1.165, 1.54) is 13.8 Å². The molecular formula is C22H28N3O4+. The first-order valence-electron chi connectivity index (χ1n) is 9.51. The third kappa shape index (κ3) is 6.73. The quantitative estimate of drug-likeness (QED) is 0.563. The molecule has 2 aromatic carbocycles. The molecular weight excluding hydrogens is 370 g/mol. The third-order valence-electron chi connectivity index (χ3n) is 4.53. The van der Waals surface area contributed by atoms with Gasteiger partial charge in [-0.05, 0) is 56.3 Å². The number of amides is 2. The van der Waals surface area contributed by atoms with Crippen molar-refractivity contribution in [3.05, 3.63) is 53.6 Å². The number of ketones is 1. The first-order valence-corrected chi connectivity index (χ1v) is 9.51. The monoisotopic (exact) mass is 398 g/mol. The molecule has 0 fully saturated rings. The number of nitrogens with one attached hydrogen (secondary N) is 3. The van der Waals surface area contributed by atoms with E-state index < -0.39 is 0 Å². The minimum absolute atomic E-state index is 0.00703. The Balaban J connectivity index is 2.02. The van der Waals surface area contributed by atoms with Crippen molar-refractivity contribution in [1.82, 2.24) is 0 Å². The van der Waals surface area contributed by atoms with Crippen molar-refractivity contribution < 1.29 is 24.0 Å². The molecule has 1 atom stereocenters. The van der Waals surface area contributed by atoms with E-state index in [1.54, 1.807) is 43.5 Å². The number of hydrogen-bond acceptors (Lipinski definition) is 4. The summed E-state index contributed by atoms with van der Waals surface area (Å²) in [7, 11) is 1.59. The second-order valence-electron chi connectivity index (χ2n) is 6.85. The molecule has 7 heteroatoms. The summed E-state index contributed by atoms with van der Waals surface area (Å²) in [4.78, 5) is 36.3. The SMILES string of the molecule is CC[NH+](CC(=O)Nc1ccc(NC(C)=O)cc1)Cc1cc(C(C)=O)ccc1OC. The number of anilines is 2. The third-order valence-corrected chi connectivity index (χ3v) is 4.53. The maximum absolute atomic E-state index is 12.5. The molecule has 0 heterocycles. The van der Waals surface area contributed by atoms with Crippen molar-refractivity contribution in [2.24, 2.45) is 0 Å². The van der Waals surface area contributed by atoms with Gasteiger partial charge in [-0.1, -0.05) is 0 Å². The lowest BCUT2D eigenvalue weighted by Crippen LogP contribution is -3.11. The van der Waals surface area contributed by atoms with Gasteiger partial charge >= 0.3 is 0 Å². The van der Waals surface area contributed by atoms with E-state index in [0.29, 0.717) is 29.2 Å². The van der Waals surface area contributed by atoms with E-state index in [2.05, 4.69) is 10.6 Å². The van der Waals surface area contributed by atoms with Crippen molar-refractivity contribution >= 4 is 29.0 Å². The molecule has 0 aliphatic rings. The van der Waals surface area contributed by atoms with Gasteiger partial charge in [0, 0.05) is 29.4 Å². The standard InChI is InChI=1S/C22H27N3O4/c1-5-25(13-18-12-17(15(2)26)6-11-21(18)29-4)14-22(28)24-20-9-7-19(8-10-20)23-16(3)27/h6-12H,5,13-14H2,1-4H3,(H,23,27)(H,24,28)/p+1. The minimum Gasteiger partial charge on any atom is -0.496 e. The van der Waals surface area contributed by atoms with Crippen LogP contribution in [-0.4, -0.2) is 37.8 Å². The highest BCUT2D eigenvalue weighted by molar-refractivity contribution is 5.94. The summed E-state index contributed by atoms with van der Waals surface area (Å²) >= 11 is 0. The molecule has 0 aromatic heterocycles.